The zero-order valence-electron chi connectivity index (χ0n) is 10.1. The van der Waals surface area contributed by atoms with E-state index in [4.69, 9.17) is 0 Å². The predicted molar refractivity (Wildman–Crippen MR) is 66.2 cm³/mol. The van der Waals surface area contributed by atoms with Crippen molar-refractivity contribution in [1.82, 2.24) is 4.90 Å². The molecule has 0 unspecified atom stereocenters. The number of carbonyl (C=O) groups excluding carboxylic acids is 2. The molecule has 90 valence electrons. The van der Waals surface area contributed by atoms with Gasteiger partial charge in [-0.2, -0.15) is 0 Å². The number of nitrogens with zero attached hydrogens (tertiary/aromatic N) is 1. The maximum Gasteiger partial charge on any atom is 0.176 e. The van der Waals surface area contributed by atoms with Gasteiger partial charge in [-0.25, -0.2) is 0 Å². The van der Waals surface area contributed by atoms with Crippen LogP contribution in [0.3, 0.4) is 0 Å². The molecule has 2 rings (SSSR count). The van der Waals surface area contributed by atoms with Crippen LogP contribution < -0.4 is 0 Å². The normalized spacial score (nSPS) is 17.1. The van der Waals surface area contributed by atoms with Gasteiger partial charge < -0.3 is 0 Å². The van der Waals surface area contributed by atoms with E-state index in [0.717, 1.165) is 24.2 Å². The zero-order chi connectivity index (χ0) is 12.3. The minimum Gasteiger partial charge on any atom is -0.300 e. The second-order valence-corrected chi connectivity index (χ2v) is 4.61. The molecule has 0 aliphatic carbocycles. The zero-order valence-corrected chi connectivity index (χ0v) is 10.1. The van der Waals surface area contributed by atoms with Gasteiger partial charge in [-0.15, -0.1) is 0 Å². The summed E-state index contributed by atoms with van der Waals surface area (Å²) in [4.78, 5) is 25.2. The summed E-state index contributed by atoms with van der Waals surface area (Å²) in [7, 11) is 0. The van der Waals surface area contributed by atoms with E-state index in [0.29, 0.717) is 25.2 Å². The predicted octanol–water partition coefficient (Wildman–Crippen LogP) is 1.84. The van der Waals surface area contributed by atoms with Crippen molar-refractivity contribution in [1.29, 1.82) is 0 Å². The van der Waals surface area contributed by atoms with E-state index in [9.17, 15) is 9.59 Å². The number of benzene rings is 1. The van der Waals surface area contributed by atoms with Gasteiger partial charge in [0, 0.05) is 31.5 Å². The molecule has 1 aliphatic heterocycles. The van der Waals surface area contributed by atoms with Crippen LogP contribution in [-0.4, -0.2) is 36.1 Å². The SMILES string of the molecule is Cc1cccc(C(=O)CN2CCC(=O)CC2)c1. The quantitative estimate of drug-likeness (QED) is 0.745. The molecule has 0 N–H and O–H groups in total. The fourth-order valence-corrected chi connectivity index (χ4v) is 2.07. The standard InChI is InChI=1S/C14H17NO2/c1-11-3-2-4-12(9-11)14(17)10-15-7-5-13(16)6-8-15/h2-4,9H,5-8,10H2,1H3. The Balaban J connectivity index is 1.95. The van der Waals surface area contributed by atoms with E-state index >= 15 is 0 Å². The molecule has 0 aromatic heterocycles. The van der Waals surface area contributed by atoms with Gasteiger partial charge in [0.25, 0.3) is 0 Å². The van der Waals surface area contributed by atoms with Crippen molar-refractivity contribution in [2.24, 2.45) is 0 Å². The van der Waals surface area contributed by atoms with Gasteiger partial charge in [0.15, 0.2) is 5.78 Å². The van der Waals surface area contributed by atoms with Crippen LogP contribution in [-0.2, 0) is 4.79 Å². The Morgan fingerprint density at radius 1 is 1.29 bits per heavy atom. The maximum atomic E-state index is 12.0. The van der Waals surface area contributed by atoms with Crippen molar-refractivity contribution in [2.45, 2.75) is 19.8 Å². The average Bonchev–Trinajstić information content (AvgIpc) is 2.32. The molecule has 0 amide bonds. The Labute approximate surface area is 101 Å². The first kappa shape index (κ1) is 12.0. The molecular formula is C14H17NO2. The number of Topliss-reactive ketones (excluding diaryl/α,β-unsaturated/α-hetero) is 2. The number of hydrogen-bond donors (Lipinski definition) is 0. The number of hydrogen-bond acceptors (Lipinski definition) is 3. The van der Waals surface area contributed by atoms with Gasteiger partial charge in [-0.1, -0.05) is 23.8 Å². The summed E-state index contributed by atoms with van der Waals surface area (Å²) in [5.41, 5.74) is 1.87. The summed E-state index contributed by atoms with van der Waals surface area (Å²) in [6, 6.07) is 7.65. The highest BCUT2D eigenvalue weighted by atomic mass is 16.1. The van der Waals surface area contributed by atoms with Gasteiger partial charge in [-0.05, 0) is 13.0 Å². The smallest absolute Gasteiger partial charge is 0.176 e. The first-order valence-electron chi connectivity index (χ1n) is 5.99. The Kier molecular flexibility index (Phi) is 3.69. The Hall–Kier alpha value is -1.48. The maximum absolute atomic E-state index is 12.0. The fourth-order valence-electron chi connectivity index (χ4n) is 2.07. The first-order chi connectivity index (χ1) is 8.15. The molecule has 1 fully saturated rings. The molecule has 1 aromatic rings. The largest absolute Gasteiger partial charge is 0.300 e. The topological polar surface area (TPSA) is 37.4 Å². The lowest BCUT2D eigenvalue weighted by Gasteiger charge is -2.24. The first-order valence-corrected chi connectivity index (χ1v) is 5.99. The summed E-state index contributed by atoms with van der Waals surface area (Å²) < 4.78 is 0. The van der Waals surface area contributed by atoms with Gasteiger partial charge in [-0.3, -0.25) is 14.5 Å². The third-order valence-electron chi connectivity index (χ3n) is 3.12. The molecule has 0 radical (unpaired) electrons. The van der Waals surface area contributed by atoms with Crippen LogP contribution in [0.4, 0.5) is 0 Å². The van der Waals surface area contributed by atoms with E-state index in [-0.39, 0.29) is 5.78 Å². The molecule has 1 saturated heterocycles. The highest BCUT2D eigenvalue weighted by molar-refractivity contribution is 5.97. The molecule has 0 bridgehead atoms. The second kappa shape index (κ2) is 5.23. The third kappa shape index (κ3) is 3.24. The monoisotopic (exact) mass is 231 g/mol. The number of carbonyl (C=O) groups is 2. The van der Waals surface area contributed by atoms with Crippen LogP contribution in [0.2, 0.25) is 0 Å². The van der Waals surface area contributed by atoms with E-state index < -0.39 is 0 Å². The summed E-state index contributed by atoms with van der Waals surface area (Å²) >= 11 is 0. The van der Waals surface area contributed by atoms with Crippen LogP contribution in [0.5, 0.6) is 0 Å². The van der Waals surface area contributed by atoms with Crippen LogP contribution in [0.1, 0.15) is 28.8 Å². The summed E-state index contributed by atoms with van der Waals surface area (Å²) in [5.74, 6) is 0.451. The number of aryl methyl sites for hydroxylation is 1. The van der Waals surface area contributed by atoms with Crippen molar-refractivity contribution < 1.29 is 9.59 Å². The van der Waals surface area contributed by atoms with Crippen LogP contribution in [0.15, 0.2) is 24.3 Å². The summed E-state index contributed by atoms with van der Waals surface area (Å²) in [5, 5.41) is 0. The molecule has 17 heavy (non-hydrogen) atoms. The van der Waals surface area contributed by atoms with Crippen molar-refractivity contribution in [3.63, 3.8) is 0 Å². The van der Waals surface area contributed by atoms with Crippen LogP contribution in [0.25, 0.3) is 0 Å². The van der Waals surface area contributed by atoms with E-state index in [1.807, 2.05) is 31.2 Å². The molecule has 3 nitrogen and oxygen atoms in total. The molecule has 0 saturated carbocycles. The molecule has 0 spiro atoms. The van der Waals surface area contributed by atoms with Gasteiger partial charge >= 0.3 is 0 Å². The average molecular weight is 231 g/mol. The Morgan fingerprint density at radius 2 is 2.00 bits per heavy atom. The number of ketones is 2. The molecule has 0 atom stereocenters. The second-order valence-electron chi connectivity index (χ2n) is 4.61. The lowest BCUT2D eigenvalue weighted by Crippen LogP contribution is -2.37. The fraction of sp³-hybridized carbons (Fsp3) is 0.429. The van der Waals surface area contributed by atoms with Crippen molar-refractivity contribution in [3.8, 4) is 0 Å². The van der Waals surface area contributed by atoms with Gasteiger partial charge in [0.1, 0.15) is 5.78 Å². The summed E-state index contributed by atoms with van der Waals surface area (Å²) in [6.45, 7) is 3.85. The molecule has 1 heterocycles. The highest BCUT2D eigenvalue weighted by Gasteiger charge is 2.18. The van der Waals surface area contributed by atoms with Gasteiger partial charge in [0.2, 0.25) is 0 Å². The van der Waals surface area contributed by atoms with Crippen LogP contribution >= 0.6 is 0 Å². The Bertz CT molecular complexity index is 430. The molecular weight excluding hydrogens is 214 g/mol. The van der Waals surface area contributed by atoms with Crippen LogP contribution in [0, 0.1) is 6.92 Å². The lowest BCUT2D eigenvalue weighted by atomic mass is 10.1. The van der Waals surface area contributed by atoms with E-state index in [2.05, 4.69) is 4.90 Å². The minimum atomic E-state index is 0.142. The third-order valence-corrected chi connectivity index (χ3v) is 3.12. The number of rotatable bonds is 3. The minimum absolute atomic E-state index is 0.142. The van der Waals surface area contributed by atoms with Crippen molar-refractivity contribution >= 4 is 11.6 Å². The lowest BCUT2D eigenvalue weighted by molar-refractivity contribution is -0.121. The van der Waals surface area contributed by atoms with Gasteiger partial charge in [0.05, 0.1) is 6.54 Å². The van der Waals surface area contributed by atoms with E-state index in [1.165, 1.54) is 0 Å². The highest BCUT2D eigenvalue weighted by Crippen LogP contribution is 2.09. The molecule has 1 aliphatic rings. The van der Waals surface area contributed by atoms with E-state index in [1.54, 1.807) is 0 Å². The van der Waals surface area contributed by atoms with Crippen molar-refractivity contribution in [2.75, 3.05) is 19.6 Å². The number of likely N-dealkylation sites (tertiary alicyclic amines) is 1. The number of piperidine rings is 1. The molecule has 3 heteroatoms. The van der Waals surface area contributed by atoms with Crippen molar-refractivity contribution in [3.05, 3.63) is 35.4 Å². The Morgan fingerprint density at radius 3 is 2.65 bits per heavy atom. The summed E-state index contributed by atoms with van der Waals surface area (Å²) in [6.07, 6.45) is 1.17. The molecule has 1 aromatic carbocycles.